The maximum atomic E-state index is 4.78. The molecule has 6 heteroatoms. The minimum absolute atomic E-state index is 0.436. The lowest BCUT2D eigenvalue weighted by Gasteiger charge is -2.42. The highest BCUT2D eigenvalue weighted by Gasteiger charge is 2.30. The monoisotopic (exact) mass is 362 g/mol. The Morgan fingerprint density at radius 2 is 1.96 bits per heavy atom. The summed E-state index contributed by atoms with van der Waals surface area (Å²) in [5, 5.41) is 4.67. The quantitative estimate of drug-likeness (QED) is 0.701. The molecule has 0 bridgehead atoms. The van der Waals surface area contributed by atoms with Crippen LogP contribution in [-0.2, 0) is 12.8 Å². The van der Waals surface area contributed by atoms with Gasteiger partial charge < -0.3 is 9.80 Å². The van der Waals surface area contributed by atoms with Crippen LogP contribution in [0.25, 0.3) is 5.78 Å². The minimum Gasteiger partial charge on any atom is -0.365 e. The van der Waals surface area contributed by atoms with E-state index in [1.807, 2.05) is 11.4 Å². The van der Waals surface area contributed by atoms with Gasteiger partial charge in [-0.1, -0.05) is 12.1 Å². The molecule has 1 saturated heterocycles. The van der Waals surface area contributed by atoms with Gasteiger partial charge >= 0.3 is 0 Å². The molecule has 27 heavy (non-hydrogen) atoms. The van der Waals surface area contributed by atoms with E-state index in [2.05, 4.69) is 58.0 Å². The number of piperazine rings is 1. The molecule has 5 rings (SSSR count). The van der Waals surface area contributed by atoms with Crippen molar-refractivity contribution in [2.24, 2.45) is 0 Å². The zero-order valence-electron chi connectivity index (χ0n) is 16.3. The van der Waals surface area contributed by atoms with Gasteiger partial charge in [-0.2, -0.15) is 9.50 Å². The van der Waals surface area contributed by atoms with E-state index in [0.717, 1.165) is 44.1 Å². The summed E-state index contributed by atoms with van der Waals surface area (Å²) >= 11 is 0. The fraction of sp³-hybridized carbons (Fsp3) is 0.476. The first kappa shape index (κ1) is 16.5. The molecule has 1 aromatic carbocycles. The van der Waals surface area contributed by atoms with E-state index >= 15 is 0 Å². The topological polar surface area (TPSA) is 49.6 Å². The second-order valence-corrected chi connectivity index (χ2v) is 7.91. The van der Waals surface area contributed by atoms with Crippen LogP contribution in [0.1, 0.15) is 36.0 Å². The van der Waals surface area contributed by atoms with Gasteiger partial charge in [-0.3, -0.25) is 0 Å². The van der Waals surface area contributed by atoms with Crippen LogP contribution in [0.3, 0.4) is 0 Å². The van der Waals surface area contributed by atoms with Crippen molar-refractivity contribution in [1.29, 1.82) is 0 Å². The molecule has 0 amide bonds. The van der Waals surface area contributed by atoms with E-state index < -0.39 is 0 Å². The van der Waals surface area contributed by atoms with E-state index in [0.29, 0.717) is 6.04 Å². The number of anilines is 2. The maximum absolute atomic E-state index is 4.78. The standard InChI is InChI=1S/C21H26N6/c1-14-6-4-7-17(12-14)26-11-10-25(13-15(26)2)20-18-8-5-9-19(18)23-21-22-16(3)24-27(20)21/h4,6-7,12,15H,5,8-11,13H2,1-3H3/t15-/m0/s1. The van der Waals surface area contributed by atoms with Crippen LogP contribution in [0.2, 0.25) is 0 Å². The Morgan fingerprint density at radius 1 is 1.07 bits per heavy atom. The Kier molecular flexibility index (Phi) is 3.81. The molecule has 6 nitrogen and oxygen atoms in total. The predicted molar refractivity (Wildman–Crippen MR) is 108 cm³/mol. The molecule has 0 unspecified atom stereocenters. The Hall–Kier alpha value is -2.63. The smallest absolute Gasteiger partial charge is 0.254 e. The van der Waals surface area contributed by atoms with Gasteiger partial charge in [-0.25, -0.2) is 4.98 Å². The Balaban J connectivity index is 1.50. The molecule has 0 saturated carbocycles. The van der Waals surface area contributed by atoms with Crippen LogP contribution in [0.4, 0.5) is 11.5 Å². The second-order valence-electron chi connectivity index (χ2n) is 7.91. The number of benzene rings is 1. The first-order valence-corrected chi connectivity index (χ1v) is 9.93. The fourth-order valence-corrected chi connectivity index (χ4v) is 4.62. The lowest BCUT2D eigenvalue weighted by molar-refractivity contribution is 0.542. The fourth-order valence-electron chi connectivity index (χ4n) is 4.62. The molecule has 2 aromatic heterocycles. The molecule has 140 valence electrons. The first-order chi connectivity index (χ1) is 13.1. The number of rotatable bonds is 2. The van der Waals surface area contributed by atoms with E-state index in [4.69, 9.17) is 4.98 Å². The lowest BCUT2D eigenvalue weighted by atomic mass is 10.1. The molecular weight excluding hydrogens is 336 g/mol. The van der Waals surface area contributed by atoms with Gasteiger partial charge in [0.15, 0.2) is 0 Å². The molecule has 0 N–H and O–H groups in total. The van der Waals surface area contributed by atoms with Gasteiger partial charge in [-0.15, -0.1) is 5.10 Å². The molecule has 1 aliphatic carbocycles. The molecule has 3 aromatic rings. The number of aromatic nitrogens is 4. The van der Waals surface area contributed by atoms with Crippen molar-refractivity contribution in [2.75, 3.05) is 29.4 Å². The molecular formula is C21H26N6. The summed E-state index contributed by atoms with van der Waals surface area (Å²) in [6.07, 6.45) is 3.34. The van der Waals surface area contributed by atoms with E-state index in [9.17, 15) is 0 Å². The van der Waals surface area contributed by atoms with Crippen molar-refractivity contribution in [1.82, 2.24) is 19.6 Å². The first-order valence-electron chi connectivity index (χ1n) is 9.93. The molecule has 1 fully saturated rings. The average molecular weight is 362 g/mol. The van der Waals surface area contributed by atoms with Crippen molar-refractivity contribution in [3.63, 3.8) is 0 Å². The van der Waals surface area contributed by atoms with Crippen molar-refractivity contribution in [3.8, 4) is 0 Å². The molecule has 1 atom stereocenters. The lowest BCUT2D eigenvalue weighted by Crippen LogP contribution is -2.53. The SMILES string of the molecule is Cc1cccc(N2CCN(c3c4c(nc5nc(C)nn35)CCC4)C[C@@H]2C)c1. The van der Waals surface area contributed by atoms with Crippen molar-refractivity contribution in [3.05, 3.63) is 46.9 Å². The van der Waals surface area contributed by atoms with Crippen LogP contribution in [-0.4, -0.2) is 45.3 Å². The van der Waals surface area contributed by atoms with Gasteiger partial charge in [0.1, 0.15) is 11.6 Å². The van der Waals surface area contributed by atoms with E-state index in [1.165, 1.54) is 34.7 Å². The highest BCUT2D eigenvalue weighted by Crippen LogP contribution is 2.32. The highest BCUT2D eigenvalue weighted by atomic mass is 15.4. The van der Waals surface area contributed by atoms with Crippen LogP contribution in [0, 0.1) is 13.8 Å². The van der Waals surface area contributed by atoms with Crippen molar-refractivity contribution < 1.29 is 0 Å². The number of nitrogens with zero attached hydrogens (tertiary/aromatic N) is 6. The zero-order valence-corrected chi connectivity index (χ0v) is 16.3. The predicted octanol–water partition coefficient (Wildman–Crippen LogP) is 2.94. The Bertz CT molecular complexity index is 1010. The summed E-state index contributed by atoms with van der Waals surface area (Å²) in [7, 11) is 0. The van der Waals surface area contributed by atoms with Crippen molar-refractivity contribution >= 4 is 17.3 Å². The average Bonchev–Trinajstić information content (AvgIpc) is 3.24. The van der Waals surface area contributed by atoms with Gasteiger partial charge in [0.2, 0.25) is 0 Å². The Labute approximate surface area is 159 Å². The minimum atomic E-state index is 0.436. The highest BCUT2D eigenvalue weighted by molar-refractivity contribution is 5.59. The van der Waals surface area contributed by atoms with Crippen LogP contribution in [0.5, 0.6) is 0 Å². The van der Waals surface area contributed by atoms with E-state index in [-0.39, 0.29) is 0 Å². The summed E-state index contributed by atoms with van der Waals surface area (Å²) in [6.45, 7) is 9.41. The zero-order chi connectivity index (χ0) is 18.5. The summed E-state index contributed by atoms with van der Waals surface area (Å²) in [5.74, 6) is 2.76. The summed E-state index contributed by atoms with van der Waals surface area (Å²) in [4.78, 5) is 14.3. The Morgan fingerprint density at radius 3 is 2.78 bits per heavy atom. The third-order valence-electron chi connectivity index (χ3n) is 5.85. The van der Waals surface area contributed by atoms with Gasteiger partial charge in [0.25, 0.3) is 5.78 Å². The van der Waals surface area contributed by atoms with E-state index in [1.54, 1.807) is 0 Å². The normalized spacial score (nSPS) is 19.7. The van der Waals surface area contributed by atoms with Gasteiger partial charge in [0.05, 0.1) is 5.69 Å². The van der Waals surface area contributed by atoms with Crippen LogP contribution in [0.15, 0.2) is 24.3 Å². The van der Waals surface area contributed by atoms with Crippen molar-refractivity contribution in [2.45, 2.75) is 46.1 Å². The summed E-state index contributed by atoms with van der Waals surface area (Å²) in [5.41, 5.74) is 5.24. The van der Waals surface area contributed by atoms with Gasteiger partial charge in [0, 0.05) is 36.9 Å². The molecule has 0 spiro atoms. The molecule has 3 heterocycles. The molecule has 1 aliphatic heterocycles. The second kappa shape index (κ2) is 6.22. The summed E-state index contributed by atoms with van der Waals surface area (Å²) in [6, 6.07) is 9.26. The third kappa shape index (κ3) is 2.74. The van der Waals surface area contributed by atoms with Crippen LogP contribution < -0.4 is 9.80 Å². The molecule has 0 radical (unpaired) electrons. The van der Waals surface area contributed by atoms with Crippen LogP contribution >= 0.6 is 0 Å². The number of hydrogen-bond acceptors (Lipinski definition) is 5. The largest absolute Gasteiger partial charge is 0.365 e. The molecule has 2 aliphatic rings. The maximum Gasteiger partial charge on any atom is 0.254 e. The third-order valence-corrected chi connectivity index (χ3v) is 5.85. The summed E-state index contributed by atoms with van der Waals surface area (Å²) < 4.78 is 1.98. The van der Waals surface area contributed by atoms with Gasteiger partial charge in [-0.05, 0) is 57.7 Å². The number of fused-ring (bicyclic) bond motifs is 2. The number of aryl methyl sites for hydroxylation is 3. The number of hydrogen-bond donors (Lipinski definition) is 0.